The second kappa shape index (κ2) is 6.68. The molecule has 2 aromatic carbocycles. The fourth-order valence-corrected chi connectivity index (χ4v) is 3.54. The summed E-state index contributed by atoms with van der Waals surface area (Å²) in [5.41, 5.74) is 3.09. The standard InChI is InChI=1S/C17H17BrOS/c18-15-5-7-16(8-6-15)19-10-11-20-17-9-4-13-2-1-3-14(13)12-17/h4-9,12H,1-3,10-11H2. The molecule has 0 spiro atoms. The number of aryl methyl sites for hydroxylation is 2. The molecule has 1 aliphatic rings. The van der Waals surface area contributed by atoms with Crippen molar-refractivity contribution < 1.29 is 4.74 Å². The van der Waals surface area contributed by atoms with Crippen molar-refractivity contribution in [3.05, 3.63) is 58.1 Å². The molecule has 3 heteroatoms. The molecule has 0 fully saturated rings. The van der Waals surface area contributed by atoms with Gasteiger partial charge >= 0.3 is 0 Å². The molecule has 0 saturated carbocycles. The van der Waals surface area contributed by atoms with E-state index in [1.165, 1.54) is 24.2 Å². The van der Waals surface area contributed by atoms with E-state index in [2.05, 4.69) is 34.1 Å². The summed E-state index contributed by atoms with van der Waals surface area (Å²) in [5.74, 6) is 1.91. The van der Waals surface area contributed by atoms with Crippen LogP contribution in [0.1, 0.15) is 17.5 Å². The smallest absolute Gasteiger partial charge is 0.119 e. The summed E-state index contributed by atoms with van der Waals surface area (Å²) in [6, 6.07) is 14.9. The van der Waals surface area contributed by atoms with Crippen molar-refractivity contribution in [1.29, 1.82) is 0 Å². The van der Waals surface area contributed by atoms with Crippen LogP contribution in [0.3, 0.4) is 0 Å². The van der Waals surface area contributed by atoms with Crippen LogP contribution in [0.25, 0.3) is 0 Å². The van der Waals surface area contributed by atoms with Crippen molar-refractivity contribution in [2.24, 2.45) is 0 Å². The van der Waals surface area contributed by atoms with Gasteiger partial charge in [0.05, 0.1) is 6.61 Å². The minimum absolute atomic E-state index is 0.739. The maximum absolute atomic E-state index is 5.73. The van der Waals surface area contributed by atoms with Gasteiger partial charge in [-0.3, -0.25) is 0 Å². The molecule has 0 aromatic heterocycles. The summed E-state index contributed by atoms with van der Waals surface area (Å²) in [5, 5.41) is 0. The molecule has 0 heterocycles. The predicted molar refractivity (Wildman–Crippen MR) is 88.8 cm³/mol. The lowest BCUT2D eigenvalue weighted by atomic mass is 10.1. The first-order valence-electron chi connectivity index (χ1n) is 6.94. The number of ether oxygens (including phenoxy) is 1. The molecule has 0 saturated heterocycles. The Balaban J connectivity index is 1.47. The maximum atomic E-state index is 5.73. The average Bonchev–Trinajstić information content (AvgIpc) is 2.93. The first-order chi connectivity index (χ1) is 9.81. The molecule has 0 N–H and O–H groups in total. The van der Waals surface area contributed by atoms with E-state index in [0.717, 1.165) is 22.6 Å². The van der Waals surface area contributed by atoms with Gasteiger partial charge in [0.15, 0.2) is 0 Å². The van der Waals surface area contributed by atoms with Gasteiger partial charge in [0, 0.05) is 15.1 Å². The monoisotopic (exact) mass is 348 g/mol. The van der Waals surface area contributed by atoms with Gasteiger partial charge < -0.3 is 4.74 Å². The van der Waals surface area contributed by atoms with E-state index in [1.54, 1.807) is 11.1 Å². The van der Waals surface area contributed by atoms with E-state index >= 15 is 0 Å². The van der Waals surface area contributed by atoms with Gasteiger partial charge in [0.2, 0.25) is 0 Å². The fraction of sp³-hybridized carbons (Fsp3) is 0.294. The topological polar surface area (TPSA) is 9.23 Å². The van der Waals surface area contributed by atoms with E-state index in [9.17, 15) is 0 Å². The first kappa shape index (κ1) is 14.0. The fourth-order valence-electron chi connectivity index (χ4n) is 2.49. The lowest BCUT2D eigenvalue weighted by Gasteiger charge is -2.07. The van der Waals surface area contributed by atoms with Gasteiger partial charge in [-0.15, -0.1) is 11.8 Å². The zero-order chi connectivity index (χ0) is 13.8. The van der Waals surface area contributed by atoms with Crippen LogP contribution in [0.4, 0.5) is 0 Å². The Morgan fingerprint density at radius 1 is 1.00 bits per heavy atom. The minimum atomic E-state index is 0.739. The zero-order valence-corrected chi connectivity index (χ0v) is 13.7. The van der Waals surface area contributed by atoms with Crippen LogP contribution in [0.2, 0.25) is 0 Å². The molecule has 104 valence electrons. The highest BCUT2D eigenvalue weighted by molar-refractivity contribution is 9.10. The number of hydrogen-bond acceptors (Lipinski definition) is 2. The molecular formula is C17H17BrOS. The van der Waals surface area contributed by atoms with Gasteiger partial charge in [-0.2, -0.15) is 0 Å². The third-order valence-corrected chi connectivity index (χ3v) is 4.99. The SMILES string of the molecule is Brc1ccc(OCCSc2ccc3c(c2)CCC3)cc1. The van der Waals surface area contributed by atoms with Gasteiger partial charge in [0.25, 0.3) is 0 Å². The van der Waals surface area contributed by atoms with E-state index in [4.69, 9.17) is 4.74 Å². The number of rotatable bonds is 5. The molecule has 0 bridgehead atoms. The number of benzene rings is 2. The number of fused-ring (bicyclic) bond motifs is 1. The molecule has 20 heavy (non-hydrogen) atoms. The Morgan fingerprint density at radius 3 is 2.65 bits per heavy atom. The van der Waals surface area contributed by atoms with E-state index in [1.807, 2.05) is 36.0 Å². The second-order valence-corrected chi connectivity index (χ2v) is 7.02. The quantitative estimate of drug-likeness (QED) is 0.548. The molecule has 0 atom stereocenters. The van der Waals surface area contributed by atoms with Crippen molar-refractivity contribution in [3.63, 3.8) is 0 Å². The van der Waals surface area contributed by atoms with Crippen LogP contribution in [0.5, 0.6) is 5.75 Å². The average molecular weight is 349 g/mol. The van der Waals surface area contributed by atoms with Crippen LogP contribution in [-0.2, 0) is 12.8 Å². The molecule has 0 aliphatic heterocycles. The summed E-state index contributed by atoms with van der Waals surface area (Å²) < 4.78 is 6.81. The van der Waals surface area contributed by atoms with Gasteiger partial charge in [0.1, 0.15) is 5.75 Å². The zero-order valence-electron chi connectivity index (χ0n) is 11.3. The lowest BCUT2D eigenvalue weighted by molar-refractivity contribution is 0.344. The molecular weight excluding hydrogens is 332 g/mol. The van der Waals surface area contributed by atoms with E-state index in [0.29, 0.717) is 0 Å². The third-order valence-electron chi connectivity index (χ3n) is 3.50. The van der Waals surface area contributed by atoms with Crippen molar-refractivity contribution in [2.75, 3.05) is 12.4 Å². The summed E-state index contributed by atoms with van der Waals surface area (Å²) in [6.45, 7) is 0.739. The Labute approximate surface area is 132 Å². The molecule has 0 unspecified atom stereocenters. The molecule has 1 aliphatic carbocycles. The number of hydrogen-bond donors (Lipinski definition) is 0. The Bertz CT molecular complexity index is 580. The first-order valence-corrected chi connectivity index (χ1v) is 8.72. The van der Waals surface area contributed by atoms with Gasteiger partial charge in [-0.25, -0.2) is 0 Å². The largest absolute Gasteiger partial charge is 0.493 e. The van der Waals surface area contributed by atoms with Gasteiger partial charge in [-0.05, 0) is 66.8 Å². The van der Waals surface area contributed by atoms with Crippen LogP contribution < -0.4 is 4.74 Å². The Morgan fingerprint density at radius 2 is 1.80 bits per heavy atom. The lowest BCUT2D eigenvalue weighted by Crippen LogP contribution is -1.99. The maximum Gasteiger partial charge on any atom is 0.119 e. The number of halogens is 1. The van der Waals surface area contributed by atoms with Crippen molar-refractivity contribution >= 4 is 27.7 Å². The summed E-state index contributed by atoms with van der Waals surface area (Å²) in [7, 11) is 0. The van der Waals surface area contributed by atoms with Crippen LogP contribution >= 0.6 is 27.7 Å². The second-order valence-electron chi connectivity index (χ2n) is 4.93. The van der Waals surface area contributed by atoms with Crippen LogP contribution in [0, 0.1) is 0 Å². The molecule has 3 rings (SSSR count). The summed E-state index contributed by atoms with van der Waals surface area (Å²) in [4.78, 5) is 1.37. The summed E-state index contributed by atoms with van der Waals surface area (Å²) >= 11 is 5.30. The normalized spacial score (nSPS) is 13.2. The molecule has 1 nitrogen and oxygen atoms in total. The Hall–Kier alpha value is -0.930. The van der Waals surface area contributed by atoms with Crippen LogP contribution in [-0.4, -0.2) is 12.4 Å². The minimum Gasteiger partial charge on any atom is -0.493 e. The van der Waals surface area contributed by atoms with Crippen molar-refractivity contribution in [2.45, 2.75) is 24.2 Å². The predicted octanol–water partition coefficient (Wildman–Crippen LogP) is 5.11. The van der Waals surface area contributed by atoms with Crippen molar-refractivity contribution in [1.82, 2.24) is 0 Å². The van der Waals surface area contributed by atoms with Crippen LogP contribution in [0.15, 0.2) is 51.8 Å². The molecule has 2 aromatic rings. The summed E-state index contributed by atoms with van der Waals surface area (Å²) in [6.07, 6.45) is 3.82. The van der Waals surface area contributed by atoms with Gasteiger partial charge in [-0.1, -0.05) is 22.0 Å². The third kappa shape index (κ3) is 3.58. The highest BCUT2D eigenvalue weighted by Gasteiger charge is 2.10. The highest BCUT2D eigenvalue weighted by Crippen LogP contribution is 2.27. The van der Waals surface area contributed by atoms with Crippen molar-refractivity contribution in [3.8, 4) is 5.75 Å². The van der Waals surface area contributed by atoms with E-state index in [-0.39, 0.29) is 0 Å². The highest BCUT2D eigenvalue weighted by atomic mass is 79.9. The molecule has 0 radical (unpaired) electrons. The van der Waals surface area contributed by atoms with E-state index < -0.39 is 0 Å². The Kier molecular flexibility index (Phi) is 4.69. The molecule has 0 amide bonds. The number of thioether (sulfide) groups is 1.